The molecule has 0 atom stereocenters. The molecule has 0 bridgehead atoms. The van der Waals surface area contributed by atoms with Gasteiger partial charge in [-0.05, 0) is 35.2 Å². The van der Waals surface area contributed by atoms with Crippen LogP contribution in [0, 0.1) is 0 Å². The monoisotopic (exact) mass is 390 g/mol. The number of hydrogen-bond acceptors (Lipinski definition) is 5. The van der Waals surface area contributed by atoms with Gasteiger partial charge < -0.3 is 9.84 Å². The maximum atomic E-state index is 12.4. The van der Waals surface area contributed by atoms with Crippen molar-refractivity contribution in [2.45, 2.75) is 45.8 Å². The Bertz CT molecular complexity index is 979. The van der Waals surface area contributed by atoms with E-state index in [1.54, 1.807) is 0 Å². The van der Waals surface area contributed by atoms with Crippen molar-refractivity contribution in [3.05, 3.63) is 82.5 Å². The van der Waals surface area contributed by atoms with Crippen molar-refractivity contribution >= 4 is 5.91 Å². The number of fused-ring (bicyclic) bond motifs is 1. The van der Waals surface area contributed by atoms with E-state index in [9.17, 15) is 4.79 Å². The molecule has 1 N–H and O–H groups in total. The Kier molecular flexibility index (Phi) is 5.71. The third-order valence-corrected chi connectivity index (χ3v) is 5.22. The summed E-state index contributed by atoms with van der Waals surface area (Å²) in [7, 11) is 0. The first-order valence-electron chi connectivity index (χ1n) is 10.1. The van der Waals surface area contributed by atoms with E-state index in [0.29, 0.717) is 17.3 Å². The van der Waals surface area contributed by atoms with Crippen LogP contribution in [-0.2, 0) is 26.1 Å². The topological polar surface area (TPSA) is 71.3 Å². The van der Waals surface area contributed by atoms with Crippen molar-refractivity contribution in [3.63, 3.8) is 0 Å². The zero-order valence-electron chi connectivity index (χ0n) is 16.9. The number of nitrogens with zero attached hydrogens (tertiary/aromatic N) is 3. The van der Waals surface area contributed by atoms with Crippen molar-refractivity contribution in [3.8, 4) is 0 Å². The molecule has 1 aromatic heterocycles. The van der Waals surface area contributed by atoms with Gasteiger partial charge in [0.2, 0.25) is 5.89 Å². The molecule has 2 heterocycles. The molecule has 29 heavy (non-hydrogen) atoms. The summed E-state index contributed by atoms with van der Waals surface area (Å²) in [4.78, 5) is 19.1. The second-order valence-electron chi connectivity index (χ2n) is 7.81. The number of amides is 1. The number of carbonyl (C=O) groups is 1. The number of benzene rings is 2. The molecule has 0 spiro atoms. The average Bonchev–Trinajstić information content (AvgIpc) is 3.22. The lowest BCUT2D eigenvalue weighted by Crippen LogP contribution is -2.30. The van der Waals surface area contributed by atoms with Crippen LogP contribution in [0.1, 0.15) is 58.5 Å². The van der Waals surface area contributed by atoms with E-state index < -0.39 is 0 Å². The van der Waals surface area contributed by atoms with E-state index in [2.05, 4.69) is 44.6 Å². The number of aromatic nitrogens is 2. The lowest BCUT2D eigenvalue weighted by molar-refractivity contribution is 0.0949. The lowest BCUT2D eigenvalue weighted by atomic mass is 9.99. The maximum Gasteiger partial charge on any atom is 0.251 e. The summed E-state index contributed by atoms with van der Waals surface area (Å²) >= 11 is 0. The fourth-order valence-corrected chi connectivity index (χ4v) is 3.54. The third-order valence-electron chi connectivity index (χ3n) is 5.22. The molecule has 2 aromatic carbocycles. The van der Waals surface area contributed by atoms with E-state index in [-0.39, 0.29) is 18.4 Å². The molecule has 0 aliphatic carbocycles. The zero-order valence-corrected chi connectivity index (χ0v) is 16.9. The smallest absolute Gasteiger partial charge is 0.251 e. The van der Waals surface area contributed by atoms with E-state index in [1.807, 2.05) is 38.1 Å². The van der Waals surface area contributed by atoms with Crippen LogP contribution in [-0.4, -0.2) is 27.5 Å². The van der Waals surface area contributed by atoms with Crippen LogP contribution >= 0.6 is 0 Å². The third kappa shape index (κ3) is 4.71. The van der Waals surface area contributed by atoms with Gasteiger partial charge >= 0.3 is 0 Å². The zero-order chi connectivity index (χ0) is 20.2. The van der Waals surface area contributed by atoms with Gasteiger partial charge in [0.25, 0.3) is 5.91 Å². The molecular weight excluding hydrogens is 364 g/mol. The Balaban J connectivity index is 1.31. The van der Waals surface area contributed by atoms with Crippen LogP contribution in [0.5, 0.6) is 0 Å². The SMILES string of the molecule is CC(C)c1nc(CNC(=O)c2ccc(CN3CCc4ccccc4C3)cc2)no1. The molecular formula is C23H26N4O2. The molecule has 3 aromatic rings. The number of rotatable bonds is 6. The molecule has 0 fully saturated rings. The Morgan fingerprint density at radius 2 is 1.90 bits per heavy atom. The molecule has 6 nitrogen and oxygen atoms in total. The highest BCUT2D eigenvalue weighted by Gasteiger charge is 2.16. The highest BCUT2D eigenvalue weighted by Crippen LogP contribution is 2.20. The van der Waals surface area contributed by atoms with Crippen LogP contribution < -0.4 is 5.32 Å². The van der Waals surface area contributed by atoms with Gasteiger partial charge in [-0.2, -0.15) is 4.98 Å². The summed E-state index contributed by atoms with van der Waals surface area (Å²) in [6, 6.07) is 16.5. The Labute approximate surface area is 170 Å². The van der Waals surface area contributed by atoms with Crippen LogP contribution in [0.3, 0.4) is 0 Å². The summed E-state index contributed by atoms with van der Waals surface area (Å²) < 4.78 is 5.16. The highest BCUT2D eigenvalue weighted by molar-refractivity contribution is 5.94. The number of nitrogens with one attached hydrogen (secondary N) is 1. The van der Waals surface area contributed by atoms with Crippen LogP contribution in [0.25, 0.3) is 0 Å². The van der Waals surface area contributed by atoms with Crippen molar-refractivity contribution < 1.29 is 9.32 Å². The fourth-order valence-electron chi connectivity index (χ4n) is 3.54. The molecule has 1 amide bonds. The first kappa shape index (κ1) is 19.3. The van der Waals surface area contributed by atoms with E-state index in [0.717, 1.165) is 26.1 Å². The van der Waals surface area contributed by atoms with E-state index in [1.165, 1.54) is 16.7 Å². The summed E-state index contributed by atoms with van der Waals surface area (Å²) in [6.45, 7) is 7.14. The molecule has 0 unspecified atom stereocenters. The Hall–Kier alpha value is -2.99. The molecule has 4 rings (SSSR count). The summed E-state index contributed by atoms with van der Waals surface area (Å²) in [5.74, 6) is 1.11. The molecule has 1 aliphatic heterocycles. The predicted molar refractivity (Wildman–Crippen MR) is 110 cm³/mol. The van der Waals surface area contributed by atoms with Gasteiger partial charge in [0.1, 0.15) is 0 Å². The van der Waals surface area contributed by atoms with Gasteiger partial charge in [-0.3, -0.25) is 9.69 Å². The largest absolute Gasteiger partial charge is 0.345 e. The van der Waals surface area contributed by atoms with E-state index in [4.69, 9.17) is 4.52 Å². The van der Waals surface area contributed by atoms with Crippen molar-refractivity contribution in [2.75, 3.05) is 6.54 Å². The lowest BCUT2D eigenvalue weighted by Gasteiger charge is -2.28. The second-order valence-corrected chi connectivity index (χ2v) is 7.81. The van der Waals surface area contributed by atoms with Gasteiger partial charge in [-0.1, -0.05) is 55.4 Å². The second kappa shape index (κ2) is 8.57. The van der Waals surface area contributed by atoms with Crippen molar-refractivity contribution in [1.29, 1.82) is 0 Å². The molecule has 0 saturated carbocycles. The van der Waals surface area contributed by atoms with Gasteiger partial charge in [-0.15, -0.1) is 0 Å². The summed E-state index contributed by atoms with van der Waals surface area (Å²) in [6.07, 6.45) is 1.09. The van der Waals surface area contributed by atoms with Gasteiger partial charge in [0.15, 0.2) is 5.82 Å². The Morgan fingerprint density at radius 3 is 2.62 bits per heavy atom. The minimum absolute atomic E-state index is 0.139. The standard InChI is InChI=1S/C23H26N4O2/c1-16(2)23-25-21(26-29-23)13-24-22(28)19-9-7-17(8-10-19)14-27-12-11-18-5-3-4-6-20(18)15-27/h3-10,16H,11-15H2,1-2H3,(H,24,28). The molecule has 6 heteroatoms. The first-order chi connectivity index (χ1) is 14.1. The highest BCUT2D eigenvalue weighted by atomic mass is 16.5. The van der Waals surface area contributed by atoms with E-state index >= 15 is 0 Å². The molecule has 0 saturated heterocycles. The van der Waals surface area contributed by atoms with Crippen LogP contribution in [0.2, 0.25) is 0 Å². The fraction of sp³-hybridized carbons (Fsp3) is 0.348. The average molecular weight is 390 g/mol. The normalized spacial score (nSPS) is 14.0. The number of carbonyl (C=O) groups excluding carboxylic acids is 1. The van der Waals surface area contributed by atoms with Gasteiger partial charge in [0.05, 0.1) is 6.54 Å². The molecule has 0 radical (unpaired) electrons. The van der Waals surface area contributed by atoms with Gasteiger partial charge in [-0.25, -0.2) is 0 Å². The van der Waals surface area contributed by atoms with Crippen LogP contribution in [0.4, 0.5) is 0 Å². The summed E-state index contributed by atoms with van der Waals surface area (Å²) in [5.41, 5.74) is 4.71. The minimum atomic E-state index is -0.139. The van der Waals surface area contributed by atoms with Crippen molar-refractivity contribution in [1.82, 2.24) is 20.4 Å². The van der Waals surface area contributed by atoms with Gasteiger partial charge in [0, 0.05) is 31.1 Å². The van der Waals surface area contributed by atoms with Crippen LogP contribution in [0.15, 0.2) is 53.1 Å². The number of hydrogen-bond donors (Lipinski definition) is 1. The minimum Gasteiger partial charge on any atom is -0.345 e. The summed E-state index contributed by atoms with van der Waals surface area (Å²) in [5, 5.41) is 6.74. The quantitative estimate of drug-likeness (QED) is 0.695. The predicted octanol–water partition coefficient (Wildman–Crippen LogP) is 3.68. The van der Waals surface area contributed by atoms with Crippen molar-refractivity contribution in [2.24, 2.45) is 0 Å². The molecule has 150 valence electrons. The first-order valence-corrected chi connectivity index (χ1v) is 10.1. The molecule has 1 aliphatic rings. The maximum absolute atomic E-state index is 12.4. The Morgan fingerprint density at radius 1 is 1.14 bits per heavy atom.